The number of carbonyl (C=O) groups is 3. The number of ether oxygens (including phenoxy) is 9. The Balaban J connectivity index is 1.76. The summed E-state index contributed by atoms with van der Waals surface area (Å²) in [5.41, 5.74) is -0.0522. The van der Waals surface area contributed by atoms with Gasteiger partial charge in [-0.2, -0.15) is 0 Å². The highest BCUT2D eigenvalue weighted by atomic mass is 16.6. The number of hydrogen-bond donors (Lipinski definition) is 0. The maximum atomic E-state index is 13.9. The molecule has 0 unspecified atom stereocenters. The van der Waals surface area contributed by atoms with Gasteiger partial charge in [0.15, 0.2) is 35.0 Å². The first-order chi connectivity index (χ1) is 22.0. The summed E-state index contributed by atoms with van der Waals surface area (Å²) >= 11 is 0. The molecule has 3 aromatic carbocycles. The quantitative estimate of drug-likeness (QED) is 0.145. The van der Waals surface area contributed by atoms with Gasteiger partial charge in [-0.1, -0.05) is 0 Å². The van der Waals surface area contributed by atoms with Crippen LogP contribution in [0.2, 0.25) is 0 Å². The van der Waals surface area contributed by atoms with Gasteiger partial charge in [0, 0.05) is 38.5 Å². The fraction of sp³-hybridized carbons (Fsp3) is 0.312. The van der Waals surface area contributed by atoms with Gasteiger partial charge in [-0.05, 0) is 18.2 Å². The standard InChI is InChI=1S/C32H30O14/c1-14(33)41-13-25-28(17-8-22(38-5)30(43-16(3)35)23(9-17)39-6)46-32-29-19(12-24(40-7)31(32)45-25)27(36)26-20(37-4)10-18(42-15(2)34)11-21(26)44-29/h8-12,25,28H,13H2,1-7H3/t25-,28-/m0/s1. The maximum Gasteiger partial charge on any atom is 0.308 e. The fourth-order valence-electron chi connectivity index (χ4n) is 5.07. The van der Waals surface area contributed by atoms with E-state index in [9.17, 15) is 19.2 Å². The molecule has 0 radical (unpaired) electrons. The first-order valence-corrected chi connectivity index (χ1v) is 13.8. The second-order valence-electron chi connectivity index (χ2n) is 9.98. The van der Waals surface area contributed by atoms with Crippen molar-refractivity contribution in [1.82, 2.24) is 0 Å². The zero-order chi connectivity index (χ0) is 33.3. The molecule has 1 aromatic heterocycles. The van der Waals surface area contributed by atoms with E-state index >= 15 is 0 Å². The van der Waals surface area contributed by atoms with Crippen molar-refractivity contribution in [2.45, 2.75) is 33.0 Å². The van der Waals surface area contributed by atoms with Gasteiger partial charge in [-0.3, -0.25) is 19.2 Å². The Morgan fingerprint density at radius 3 is 1.91 bits per heavy atom. The number of benzene rings is 3. The molecule has 1 aliphatic heterocycles. The molecule has 0 bridgehead atoms. The van der Waals surface area contributed by atoms with Gasteiger partial charge < -0.3 is 47.0 Å². The van der Waals surface area contributed by atoms with E-state index in [4.69, 9.17) is 47.0 Å². The van der Waals surface area contributed by atoms with Crippen molar-refractivity contribution in [3.8, 4) is 46.0 Å². The third kappa shape index (κ3) is 5.88. The molecular formula is C32H30O14. The van der Waals surface area contributed by atoms with Crippen LogP contribution in [0.1, 0.15) is 32.4 Å². The van der Waals surface area contributed by atoms with E-state index in [2.05, 4.69) is 0 Å². The minimum absolute atomic E-state index is 0.00345. The number of rotatable bonds is 9. The van der Waals surface area contributed by atoms with E-state index in [1.807, 2.05) is 0 Å². The third-order valence-electron chi connectivity index (χ3n) is 6.94. The van der Waals surface area contributed by atoms with Gasteiger partial charge in [0.25, 0.3) is 0 Å². The molecule has 0 amide bonds. The zero-order valence-corrected chi connectivity index (χ0v) is 26.0. The van der Waals surface area contributed by atoms with Crippen LogP contribution in [0.25, 0.3) is 21.9 Å². The SMILES string of the molecule is COc1cc([C@@H]2Oc3c(c(OC)cc4c(=O)c5c(OC)cc(OC(C)=O)cc5oc34)O[C@H]2COC(C)=O)cc(OC)c1OC(C)=O. The van der Waals surface area contributed by atoms with Crippen molar-refractivity contribution in [2.24, 2.45) is 0 Å². The Labute approximate surface area is 261 Å². The highest BCUT2D eigenvalue weighted by molar-refractivity contribution is 5.98. The van der Waals surface area contributed by atoms with Crippen LogP contribution in [-0.4, -0.2) is 59.1 Å². The van der Waals surface area contributed by atoms with E-state index in [0.29, 0.717) is 5.56 Å². The Morgan fingerprint density at radius 2 is 1.35 bits per heavy atom. The second kappa shape index (κ2) is 12.8. The maximum absolute atomic E-state index is 13.9. The molecule has 0 N–H and O–H groups in total. The summed E-state index contributed by atoms with van der Waals surface area (Å²) in [5.74, 6) is -1.02. The molecule has 0 fully saturated rings. The summed E-state index contributed by atoms with van der Waals surface area (Å²) in [6.07, 6.45) is -1.99. The summed E-state index contributed by atoms with van der Waals surface area (Å²) in [4.78, 5) is 49.2. The monoisotopic (exact) mass is 638 g/mol. The topological polar surface area (TPSA) is 164 Å². The predicted octanol–water partition coefficient (Wildman–Crippen LogP) is 4.28. The predicted molar refractivity (Wildman–Crippen MR) is 160 cm³/mol. The Bertz CT molecular complexity index is 1900. The Kier molecular flexibility index (Phi) is 8.80. The Morgan fingerprint density at radius 1 is 0.717 bits per heavy atom. The first-order valence-electron chi connectivity index (χ1n) is 13.8. The molecule has 2 atom stereocenters. The highest BCUT2D eigenvalue weighted by Gasteiger charge is 2.39. The molecule has 14 heteroatoms. The van der Waals surface area contributed by atoms with Crippen molar-refractivity contribution in [3.63, 3.8) is 0 Å². The molecule has 0 saturated carbocycles. The molecule has 0 saturated heterocycles. The van der Waals surface area contributed by atoms with Crippen molar-refractivity contribution in [3.05, 3.63) is 46.1 Å². The van der Waals surface area contributed by atoms with Crippen LogP contribution < -0.4 is 43.3 Å². The van der Waals surface area contributed by atoms with Gasteiger partial charge in [0.05, 0.1) is 33.8 Å². The van der Waals surface area contributed by atoms with Crippen LogP contribution in [0.15, 0.2) is 39.5 Å². The van der Waals surface area contributed by atoms with Crippen LogP contribution in [0, 0.1) is 0 Å². The minimum atomic E-state index is -1.03. The number of carbonyl (C=O) groups excluding carboxylic acids is 3. The van der Waals surface area contributed by atoms with Crippen molar-refractivity contribution in [2.75, 3.05) is 35.0 Å². The van der Waals surface area contributed by atoms with E-state index in [1.165, 1.54) is 67.4 Å². The lowest BCUT2D eigenvalue weighted by atomic mass is 10.0. The smallest absolute Gasteiger partial charge is 0.308 e. The summed E-state index contributed by atoms with van der Waals surface area (Å²) in [6.45, 7) is 3.47. The zero-order valence-electron chi connectivity index (χ0n) is 26.0. The molecule has 1 aliphatic rings. The van der Waals surface area contributed by atoms with Crippen LogP contribution in [0.4, 0.5) is 0 Å². The van der Waals surface area contributed by atoms with Crippen LogP contribution >= 0.6 is 0 Å². The minimum Gasteiger partial charge on any atom is -0.496 e. The van der Waals surface area contributed by atoms with Crippen LogP contribution in [-0.2, 0) is 19.1 Å². The van der Waals surface area contributed by atoms with Crippen molar-refractivity contribution >= 4 is 39.8 Å². The third-order valence-corrected chi connectivity index (χ3v) is 6.94. The van der Waals surface area contributed by atoms with Gasteiger partial charge in [-0.15, -0.1) is 0 Å². The summed E-state index contributed by atoms with van der Waals surface area (Å²) in [7, 11) is 5.51. The average Bonchev–Trinajstić information content (AvgIpc) is 3.02. The van der Waals surface area contributed by atoms with Gasteiger partial charge in [-0.25, -0.2) is 0 Å². The Hall–Kier alpha value is -5.66. The summed E-state index contributed by atoms with van der Waals surface area (Å²) < 4.78 is 56.9. The largest absolute Gasteiger partial charge is 0.496 e. The average molecular weight is 639 g/mol. The van der Waals surface area contributed by atoms with Crippen LogP contribution in [0.3, 0.4) is 0 Å². The molecule has 4 aromatic rings. The van der Waals surface area contributed by atoms with Crippen LogP contribution in [0.5, 0.6) is 46.0 Å². The molecule has 0 spiro atoms. The number of methoxy groups -OCH3 is 4. The molecule has 242 valence electrons. The summed E-state index contributed by atoms with van der Waals surface area (Å²) in [6, 6.07) is 7.31. The molecule has 5 rings (SSSR count). The fourth-order valence-corrected chi connectivity index (χ4v) is 5.07. The second-order valence-corrected chi connectivity index (χ2v) is 9.98. The molecule has 14 nitrogen and oxygen atoms in total. The first kappa shape index (κ1) is 31.8. The normalized spacial score (nSPS) is 15.2. The molecule has 46 heavy (non-hydrogen) atoms. The van der Waals surface area contributed by atoms with Gasteiger partial charge >= 0.3 is 17.9 Å². The lowest BCUT2D eigenvalue weighted by Gasteiger charge is -2.35. The van der Waals surface area contributed by atoms with E-state index in [1.54, 1.807) is 12.1 Å². The van der Waals surface area contributed by atoms with Gasteiger partial charge in [0.2, 0.25) is 22.7 Å². The van der Waals surface area contributed by atoms with E-state index in [-0.39, 0.29) is 74.5 Å². The van der Waals surface area contributed by atoms with Crippen molar-refractivity contribution < 1.29 is 61.4 Å². The lowest BCUT2D eigenvalue weighted by molar-refractivity contribution is -0.146. The van der Waals surface area contributed by atoms with E-state index in [0.717, 1.165) is 0 Å². The number of esters is 3. The van der Waals surface area contributed by atoms with Crippen molar-refractivity contribution in [1.29, 1.82) is 0 Å². The van der Waals surface area contributed by atoms with E-state index < -0.39 is 35.5 Å². The number of hydrogen-bond acceptors (Lipinski definition) is 14. The molecular weight excluding hydrogens is 608 g/mol. The molecule has 2 heterocycles. The molecule has 0 aliphatic carbocycles. The lowest BCUT2D eigenvalue weighted by Crippen LogP contribution is -2.37. The van der Waals surface area contributed by atoms with Gasteiger partial charge in [0.1, 0.15) is 29.1 Å². The highest BCUT2D eigenvalue weighted by Crippen LogP contribution is 2.51. The number of fused-ring (bicyclic) bond motifs is 4. The summed E-state index contributed by atoms with van der Waals surface area (Å²) in [5, 5.41) is 0.159.